The minimum absolute atomic E-state index is 0.0341. The number of fused-ring (bicyclic) bond motifs is 1. The molecule has 0 atom stereocenters. The summed E-state index contributed by atoms with van der Waals surface area (Å²) < 4.78 is 1.68. The van der Waals surface area contributed by atoms with E-state index in [1.807, 2.05) is 13.0 Å². The number of piperidine rings is 1. The van der Waals surface area contributed by atoms with Crippen molar-refractivity contribution >= 4 is 27.5 Å². The summed E-state index contributed by atoms with van der Waals surface area (Å²) in [6.45, 7) is 7.58. The first-order valence-electron chi connectivity index (χ1n) is 11.6. The van der Waals surface area contributed by atoms with Gasteiger partial charge in [-0.15, -0.1) is 11.3 Å². The monoisotopic (exact) mass is 452 g/mol. The van der Waals surface area contributed by atoms with Crippen LogP contribution in [-0.2, 0) is 13.1 Å². The number of aromatic nitrogens is 2. The number of nitrogens with zero attached hydrogens (tertiary/aromatic N) is 3. The quantitative estimate of drug-likeness (QED) is 0.516. The smallest absolute Gasteiger partial charge is 0.262 e. The number of carbonyl (C=O) groups excluding carboxylic acids is 1. The molecular formula is C25H32N4O2S. The Morgan fingerprint density at radius 2 is 1.94 bits per heavy atom. The maximum Gasteiger partial charge on any atom is 0.262 e. The number of aryl methyl sites for hydroxylation is 2. The molecule has 1 fully saturated rings. The minimum Gasteiger partial charge on any atom is -0.349 e. The maximum atomic E-state index is 13.0. The fraction of sp³-hybridized carbons (Fsp3) is 0.480. The molecule has 1 saturated heterocycles. The molecule has 1 aromatic carbocycles. The van der Waals surface area contributed by atoms with Crippen molar-refractivity contribution in [1.82, 2.24) is 19.8 Å². The van der Waals surface area contributed by atoms with Gasteiger partial charge < -0.3 is 5.32 Å². The maximum absolute atomic E-state index is 13.0. The first-order valence-corrected chi connectivity index (χ1v) is 12.4. The van der Waals surface area contributed by atoms with Crippen LogP contribution in [0.2, 0.25) is 0 Å². The Kier molecular flexibility index (Phi) is 7.37. The Hall–Kier alpha value is -2.51. The van der Waals surface area contributed by atoms with Gasteiger partial charge in [0.05, 0.1) is 16.6 Å². The summed E-state index contributed by atoms with van der Waals surface area (Å²) in [4.78, 5) is 34.2. The van der Waals surface area contributed by atoms with E-state index in [0.29, 0.717) is 21.6 Å². The molecule has 170 valence electrons. The molecule has 1 aliphatic rings. The third-order valence-corrected chi connectivity index (χ3v) is 7.50. The number of benzene rings is 1. The summed E-state index contributed by atoms with van der Waals surface area (Å²) in [5, 5.41) is 3.80. The number of nitrogens with one attached hydrogen (secondary N) is 1. The van der Waals surface area contributed by atoms with Crippen molar-refractivity contribution in [2.24, 2.45) is 0 Å². The van der Waals surface area contributed by atoms with Crippen molar-refractivity contribution in [2.45, 2.75) is 65.1 Å². The van der Waals surface area contributed by atoms with Gasteiger partial charge in [0, 0.05) is 32.2 Å². The Balaban J connectivity index is 1.39. The van der Waals surface area contributed by atoms with Crippen LogP contribution in [0.25, 0.3) is 10.2 Å². The van der Waals surface area contributed by atoms with Crippen LogP contribution in [0.3, 0.4) is 0 Å². The van der Waals surface area contributed by atoms with Crippen LogP contribution in [0, 0.1) is 6.92 Å². The van der Waals surface area contributed by atoms with E-state index in [1.165, 1.54) is 16.9 Å². The van der Waals surface area contributed by atoms with Gasteiger partial charge in [-0.1, -0.05) is 50.1 Å². The van der Waals surface area contributed by atoms with E-state index in [2.05, 4.69) is 46.4 Å². The number of likely N-dealkylation sites (tertiary alicyclic amines) is 1. The topological polar surface area (TPSA) is 67.2 Å². The van der Waals surface area contributed by atoms with Crippen LogP contribution in [0.4, 0.5) is 0 Å². The second-order valence-electron chi connectivity index (χ2n) is 8.70. The van der Waals surface area contributed by atoms with E-state index in [4.69, 9.17) is 0 Å². The van der Waals surface area contributed by atoms with Gasteiger partial charge in [-0.05, 0) is 37.3 Å². The number of rotatable bonds is 8. The molecule has 7 heteroatoms. The van der Waals surface area contributed by atoms with Gasteiger partial charge in [-0.2, -0.15) is 0 Å². The first-order chi connectivity index (χ1) is 15.6. The van der Waals surface area contributed by atoms with E-state index in [9.17, 15) is 9.59 Å². The Labute approximate surface area is 193 Å². The Morgan fingerprint density at radius 1 is 1.19 bits per heavy atom. The third kappa shape index (κ3) is 5.10. The van der Waals surface area contributed by atoms with Crippen molar-refractivity contribution in [3.05, 3.63) is 63.0 Å². The second-order valence-corrected chi connectivity index (χ2v) is 9.70. The zero-order chi connectivity index (χ0) is 22.5. The van der Waals surface area contributed by atoms with Gasteiger partial charge in [0.2, 0.25) is 0 Å². The van der Waals surface area contributed by atoms with E-state index in [0.717, 1.165) is 57.3 Å². The lowest BCUT2D eigenvalue weighted by Crippen LogP contribution is -2.44. The van der Waals surface area contributed by atoms with Crippen LogP contribution >= 0.6 is 11.3 Å². The predicted molar refractivity (Wildman–Crippen MR) is 130 cm³/mol. The summed E-state index contributed by atoms with van der Waals surface area (Å²) in [7, 11) is 0. The standard InChI is InChI=1S/C25H32N4O2S/c1-3-4-8-13-29-17-26-24-21(25(29)31)18(2)22(32-24)23(30)27-20-11-14-28(15-12-20)16-19-9-6-5-7-10-19/h5-7,9-10,17,20H,3-4,8,11-16H2,1-2H3,(H,27,30). The number of carbonyl (C=O) groups is 1. The summed E-state index contributed by atoms with van der Waals surface area (Å²) in [5.74, 6) is -0.0797. The zero-order valence-electron chi connectivity index (χ0n) is 19.0. The highest BCUT2D eigenvalue weighted by atomic mass is 32.1. The highest BCUT2D eigenvalue weighted by molar-refractivity contribution is 7.20. The summed E-state index contributed by atoms with van der Waals surface area (Å²) >= 11 is 1.33. The molecule has 1 N–H and O–H groups in total. The molecule has 6 nitrogen and oxygen atoms in total. The first kappa shape index (κ1) is 22.7. The minimum atomic E-state index is -0.0797. The fourth-order valence-corrected chi connectivity index (χ4v) is 5.44. The molecule has 0 unspecified atom stereocenters. The van der Waals surface area contributed by atoms with Crippen LogP contribution in [0.5, 0.6) is 0 Å². The number of amides is 1. The number of unbranched alkanes of at least 4 members (excludes halogenated alkanes) is 2. The predicted octanol–water partition coefficient (Wildman–Crippen LogP) is 4.35. The van der Waals surface area contributed by atoms with Crippen molar-refractivity contribution in [2.75, 3.05) is 13.1 Å². The van der Waals surface area contributed by atoms with Crippen LogP contribution in [-0.4, -0.2) is 39.5 Å². The van der Waals surface area contributed by atoms with Gasteiger partial charge in [0.25, 0.3) is 11.5 Å². The summed E-state index contributed by atoms with van der Waals surface area (Å²) in [6, 6.07) is 10.7. The van der Waals surface area contributed by atoms with Crippen LogP contribution in [0.15, 0.2) is 41.5 Å². The fourth-order valence-electron chi connectivity index (χ4n) is 4.40. The van der Waals surface area contributed by atoms with E-state index in [-0.39, 0.29) is 17.5 Å². The Bertz CT molecular complexity index is 1110. The molecule has 0 bridgehead atoms. The molecule has 32 heavy (non-hydrogen) atoms. The molecule has 3 aromatic rings. The van der Waals surface area contributed by atoms with Crippen molar-refractivity contribution in [1.29, 1.82) is 0 Å². The highest BCUT2D eigenvalue weighted by Gasteiger charge is 2.24. The Morgan fingerprint density at radius 3 is 2.66 bits per heavy atom. The number of thiophene rings is 1. The normalized spacial score (nSPS) is 15.3. The van der Waals surface area contributed by atoms with Gasteiger partial charge in [0.15, 0.2) is 0 Å². The molecule has 4 rings (SSSR count). The molecule has 0 aliphatic carbocycles. The largest absolute Gasteiger partial charge is 0.349 e. The highest BCUT2D eigenvalue weighted by Crippen LogP contribution is 2.27. The molecule has 3 heterocycles. The van der Waals surface area contributed by atoms with Crippen LogP contribution in [0.1, 0.15) is 59.8 Å². The van der Waals surface area contributed by atoms with E-state index in [1.54, 1.807) is 10.9 Å². The SMILES string of the molecule is CCCCCn1cnc2sc(C(=O)NC3CCN(Cc4ccccc4)CC3)c(C)c2c1=O. The second kappa shape index (κ2) is 10.4. The van der Waals surface area contributed by atoms with Crippen molar-refractivity contribution in [3.8, 4) is 0 Å². The third-order valence-electron chi connectivity index (χ3n) is 6.30. The zero-order valence-corrected chi connectivity index (χ0v) is 19.8. The molecular weight excluding hydrogens is 420 g/mol. The van der Waals surface area contributed by atoms with E-state index < -0.39 is 0 Å². The van der Waals surface area contributed by atoms with Crippen molar-refractivity contribution in [3.63, 3.8) is 0 Å². The molecule has 0 radical (unpaired) electrons. The lowest BCUT2D eigenvalue weighted by atomic mass is 10.0. The van der Waals surface area contributed by atoms with Gasteiger partial charge in [-0.25, -0.2) is 4.98 Å². The average molecular weight is 453 g/mol. The van der Waals surface area contributed by atoms with Crippen LogP contribution < -0.4 is 10.9 Å². The molecule has 2 aromatic heterocycles. The molecule has 0 saturated carbocycles. The summed E-state index contributed by atoms with van der Waals surface area (Å²) in [6.07, 6.45) is 6.65. The van der Waals surface area contributed by atoms with Gasteiger partial charge in [0.1, 0.15) is 4.83 Å². The molecule has 0 spiro atoms. The van der Waals surface area contributed by atoms with E-state index >= 15 is 0 Å². The lowest BCUT2D eigenvalue weighted by molar-refractivity contribution is 0.0912. The summed E-state index contributed by atoms with van der Waals surface area (Å²) in [5.41, 5.74) is 2.04. The number of hydrogen-bond donors (Lipinski definition) is 1. The van der Waals surface area contributed by atoms with Gasteiger partial charge >= 0.3 is 0 Å². The van der Waals surface area contributed by atoms with Gasteiger partial charge in [-0.3, -0.25) is 19.1 Å². The number of hydrogen-bond acceptors (Lipinski definition) is 5. The molecule has 1 amide bonds. The lowest BCUT2D eigenvalue weighted by Gasteiger charge is -2.32. The van der Waals surface area contributed by atoms with Crippen molar-refractivity contribution < 1.29 is 4.79 Å². The molecule has 1 aliphatic heterocycles. The average Bonchev–Trinajstić information content (AvgIpc) is 3.15.